The molecule has 0 aliphatic carbocycles. The smallest absolute Gasteiger partial charge is 0.329 e. The first kappa shape index (κ1) is 14.3. The van der Waals surface area contributed by atoms with Gasteiger partial charge in [0.2, 0.25) is 0 Å². The quantitative estimate of drug-likeness (QED) is 0.848. The van der Waals surface area contributed by atoms with Crippen LogP contribution in [0.15, 0.2) is 29.2 Å². The summed E-state index contributed by atoms with van der Waals surface area (Å²) >= 11 is -0.108. The maximum absolute atomic E-state index is 12.1. The maximum Gasteiger partial charge on any atom is 0.446 e. The Labute approximate surface area is 103 Å². The van der Waals surface area contributed by atoms with Crippen molar-refractivity contribution in [3.05, 3.63) is 29.8 Å². The standard InChI is InChI=1S/C11H15F3N2S/c1-16(2)10(7-15)8-3-5-9(6-4-8)17-11(12,13)14/h3-6,10H,7,15H2,1-2H3. The number of likely N-dealkylation sites (N-methyl/N-ethyl adjacent to an activating group) is 1. The predicted octanol–water partition coefficient (Wildman–Crippen LogP) is 2.86. The van der Waals surface area contributed by atoms with Crippen LogP contribution < -0.4 is 5.73 Å². The van der Waals surface area contributed by atoms with Crippen LogP contribution in [0.5, 0.6) is 0 Å². The van der Waals surface area contributed by atoms with Crippen molar-refractivity contribution in [3.8, 4) is 0 Å². The molecule has 2 N–H and O–H groups in total. The molecule has 1 unspecified atom stereocenters. The Balaban J connectivity index is 2.80. The van der Waals surface area contributed by atoms with Crippen LogP contribution >= 0.6 is 11.8 Å². The van der Waals surface area contributed by atoms with Gasteiger partial charge in [-0.1, -0.05) is 12.1 Å². The monoisotopic (exact) mass is 264 g/mol. The number of rotatable bonds is 4. The molecule has 1 rings (SSSR count). The molecule has 0 spiro atoms. The van der Waals surface area contributed by atoms with Gasteiger partial charge in [-0.2, -0.15) is 13.2 Å². The van der Waals surface area contributed by atoms with Gasteiger partial charge in [0.25, 0.3) is 0 Å². The minimum absolute atomic E-state index is 0.0277. The summed E-state index contributed by atoms with van der Waals surface area (Å²) < 4.78 is 36.4. The molecule has 0 radical (unpaired) electrons. The van der Waals surface area contributed by atoms with Crippen LogP contribution in [0, 0.1) is 0 Å². The van der Waals surface area contributed by atoms with Crippen LogP contribution in [-0.4, -0.2) is 31.0 Å². The SMILES string of the molecule is CN(C)C(CN)c1ccc(SC(F)(F)F)cc1. The van der Waals surface area contributed by atoms with E-state index in [1.54, 1.807) is 12.1 Å². The molecule has 1 atom stereocenters. The van der Waals surface area contributed by atoms with Gasteiger partial charge in [0.1, 0.15) is 0 Å². The van der Waals surface area contributed by atoms with Crippen molar-refractivity contribution in [1.82, 2.24) is 4.90 Å². The van der Waals surface area contributed by atoms with Gasteiger partial charge in [-0.3, -0.25) is 0 Å². The van der Waals surface area contributed by atoms with Crippen molar-refractivity contribution in [2.75, 3.05) is 20.6 Å². The minimum atomic E-state index is -4.24. The number of nitrogens with zero attached hydrogens (tertiary/aromatic N) is 1. The second-order valence-electron chi connectivity index (χ2n) is 3.83. The van der Waals surface area contributed by atoms with E-state index in [9.17, 15) is 13.2 Å². The largest absolute Gasteiger partial charge is 0.446 e. The molecule has 0 aliphatic heterocycles. The highest BCUT2D eigenvalue weighted by Crippen LogP contribution is 2.37. The van der Waals surface area contributed by atoms with Gasteiger partial charge >= 0.3 is 5.51 Å². The molecule has 17 heavy (non-hydrogen) atoms. The Bertz CT molecular complexity index is 349. The summed E-state index contributed by atoms with van der Waals surface area (Å²) in [4.78, 5) is 2.13. The van der Waals surface area contributed by atoms with Crippen LogP contribution in [0.3, 0.4) is 0 Å². The average Bonchev–Trinajstić information content (AvgIpc) is 2.18. The first-order valence-corrected chi connectivity index (χ1v) is 5.87. The third-order valence-electron chi connectivity index (χ3n) is 2.35. The van der Waals surface area contributed by atoms with Crippen LogP contribution in [-0.2, 0) is 0 Å². The van der Waals surface area contributed by atoms with E-state index < -0.39 is 5.51 Å². The number of hydrogen-bond acceptors (Lipinski definition) is 3. The van der Waals surface area contributed by atoms with Gasteiger partial charge in [-0.25, -0.2) is 0 Å². The second kappa shape index (κ2) is 5.75. The van der Waals surface area contributed by atoms with E-state index >= 15 is 0 Å². The third-order valence-corrected chi connectivity index (χ3v) is 3.08. The zero-order chi connectivity index (χ0) is 13.1. The molecule has 1 aromatic carbocycles. The highest BCUT2D eigenvalue weighted by molar-refractivity contribution is 8.00. The zero-order valence-corrected chi connectivity index (χ0v) is 10.5. The van der Waals surface area contributed by atoms with Crippen molar-refractivity contribution >= 4 is 11.8 Å². The number of nitrogens with two attached hydrogens (primary N) is 1. The van der Waals surface area contributed by atoms with Gasteiger partial charge in [0, 0.05) is 17.5 Å². The van der Waals surface area contributed by atoms with E-state index in [0.29, 0.717) is 6.54 Å². The molecule has 0 bridgehead atoms. The lowest BCUT2D eigenvalue weighted by Gasteiger charge is -2.23. The lowest BCUT2D eigenvalue weighted by molar-refractivity contribution is -0.0328. The predicted molar refractivity (Wildman–Crippen MR) is 63.8 cm³/mol. The number of hydrogen-bond donors (Lipinski definition) is 1. The Morgan fingerprint density at radius 1 is 1.24 bits per heavy atom. The Morgan fingerprint density at radius 2 is 1.76 bits per heavy atom. The highest BCUT2D eigenvalue weighted by Gasteiger charge is 2.29. The molecule has 96 valence electrons. The number of alkyl halides is 3. The van der Waals surface area contributed by atoms with Crippen molar-refractivity contribution in [1.29, 1.82) is 0 Å². The number of halogens is 3. The summed E-state index contributed by atoms with van der Waals surface area (Å²) in [6.45, 7) is 0.429. The topological polar surface area (TPSA) is 29.3 Å². The highest BCUT2D eigenvalue weighted by atomic mass is 32.2. The molecule has 0 fully saturated rings. The van der Waals surface area contributed by atoms with Crippen molar-refractivity contribution in [2.45, 2.75) is 16.4 Å². The van der Waals surface area contributed by atoms with Crippen molar-refractivity contribution in [2.24, 2.45) is 5.73 Å². The normalized spacial score (nSPS) is 14.1. The van der Waals surface area contributed by atoms with Gasteiger partial charge in [-0.15, -0.1) is 0 Å². The summed E-state index contributed by atoms with van der Waals surface area (Å²) in [5.41, 5.74) is 2.30. The van der Waals surface area contributed by atoms with Crippen LogP contribution in [0.1, 0.15) is 11.6 Å². The lowest BCUT2D eigenvalue weighted by atomic mass is 10.1. The Morgan fingerprint density at radius 3 is 2.12 bits per heavy atom. The maximum atomic E-state index is 12.1. The molecule has 0 amide bonds. The summed E-state index contributed by atoms with van der Waals surface area (Å²) in [5.74, 6) is 0. The Hall–Kier alpha value is -0.720. The third kappa shape index (κ3) is 4.57. The summed E-state index contributed by atoms with van der Waals surface area (Å²) in [6.07, 6.45) is 0. The molecule has 2 nitrogen and oxygen atoms in total. The van der Waals surface area contributed by atoms with Crippen LogP contribution in [0.4, 0.5) is 13.2 Å². The lowest BCUT2D eigenvalue weighted by Crippen LogP contribution is -2.27. The first-order chi connectivity index (χ1) is 7.83. The fourth-order valence-corrected chi connectivity index (χ4v) is 2.08. The number of benzene rings is 1. The molecule has 0 aliphatic rings. The average molecular weight is 264 g/mol. The van der Waals surface area contributed by atoms with Gasteiger partial charge in [0.05, 0.1) is 0 Å². The van der Waals surface area contributed by atoms with Gasteiger partial charge < -0.3 is 10.6 Å². The van der Waals surface area contributed by atoms with Gasteiger partial charge in [0.15, 0.2) is 0 Å². The van der Waals surface area contributed by atoms with Crippen LogP contribution in [0.25, 0.3) is 0 Å². The van der Waals surface area contributed by atoms with E-state index in [2.05, 4.69) is 0 Å². The second-order valence-corrected chi connectivity index (χ2v) is 4.97. The Kier molecular flexibility index (Phi) is 4.85. The van der Waals surface area contributed by atoms with Crippen molar-refractivity contribution in [3.63, 3.8) is 0 Å². The van der Waals surface area contributed by atoms with E-state index in [1.165, 1.54) is 12.1 Å². The zero-order valence-electron chi connectivity index (χ0n) is 9.66. The molecule has 6 heteroatoms. The van der Waals surface area contributed by atoms with E-state index in [1.807, 2.05) is 19.0 Å². The van der Waals surface area contributed by atoms with Crippen molar-refractivity contribution < 1.29 is 13.2 Å². The molecule has 1 aromatic rings. The molecular formula is C11H15F3N2S. The fourth-order valence-electron chi connectivity index (χ4n) is 1.54. The van der Waals surface area contributed by atoms with Gasteiger partial charge in [-0.05, 0) is 43.6 Å². The molecule has 0 aromatic heterocycles. The van der Waals surface area contributed by atoms with E-state index in [0.717, 1.165) is 5.56 Å². The summed E-state index contributed by atoms with van der Waals surface area (Å²) in [7, 11) is 3.77. The first-order valence-electron chi connectivity index (χ1n) is 5.05. The summed E-state index contributed by atoms with van der Waals surface area (Å²) in [6, 6.07) is 6.34. The minimum Gasteiger partial charge on any atom is -0.329 e. The number of thioether (sulfide) groups is 1. The fraction of sp³-hybridized carbons (Fsp3) is 0.455. The van der Waals surface area contributed by atoms with E-state index in [4.69, 9.17) is 5.73 Å². The van der Waals surface area contributed by atoms with E-state index in [-0.39, 0.29) is 22.7 Å². The summed E-state index contributed by atoms with van der Waals surface area (Å²) in [5, 5.41) is 0. The molecule has 0 saturated heterocycles. The molecule has 0 heterocycles. The molecular weight excluding hydrogens is 249 g/mol. The van der Waals surface area contributed by atoms with Crippen LogP contribution in [0.2, 0.25) is 0 Å². The molecule has 0 saturated carbocycles.